The van der Waals surface area contributed by atoms with Crippen LogP contribution in [0.25, 0.3) is 5.69 Å². The van der Waals surface area contributed by atoms with Gasteiger partial charge in [-0.25, -0.2) is 9.48 Å². The average molecular weight is 291 g/mol. The summed E-state index contributed by atoms with van der Waals surface area (Å²) in [6, 6.07) is 5.31. The van der Waals surface area contributed by atoms with Crippen LogP contribution in [0.3, 0.4) is 0 Å². The minimum Gasteiger partial charge on any atom is -0.480 e. The number of hydrogen-bond acceptors (Lipinski definition) is 6. The number of benzene rings is 1. The molecule has 9 heteroatoms. The Balaban J connectivity index is 2.07. The summed E-state index contributed by atoms with van der Waals surface area (Å²) in [6.45, 7) is -0.107. The molecule has 110 valence electrons. The highest BCUT2D eigenvalue weighted by atomic mass is 16.5. The molecule has 0 saturated carbocycles. The standard InChI is InChI=1S/C12H13N5O4/c1-21-6-10(12(19)20)14-11(18)8-2-4-9(5-3-8)17-7-13-15-16-17/h2-5,7,10H,6H2,1H3,(H,14,18)(H,19,20). The van der Waals surface area contributed by atoms with E-state index in [0.29, 0.717) is 11.3 Å². The average Bonchev–Trinajstić information content (AvgIpc) is 3.01. The summed E-state index contributed by atoms with van der Waals surface area (Å²) in [5.74, 6) is -1.65. The first-order chi connectivity index (χ1) is 10.1. The Hall–Kier alpha value is -2.81. The molecule has 2 N–H and O–H groups in total. The fraction of sp³-hybridized carbons (Fsp3) is 0.250. The number of carboxylic acid groups (broad SMARTS) is 1. The molecule has 1 atom stereocenters. The lowest BCUT2D eigenvalue weighted by molar-refractivity contribution is -0.140. The van der Waals surface area contributed by atoms with Crippen LogP contribution in [0.2, 0.25) is 0 Å². The van der Waals surface area contributed by atoms with Crippen molar-refractivity contribution in [1.82, 2.24) is 25.5 Å². The second-order valence-corrected chi connectivity index (χ2v) is 4.12. The largest absolute Gasteiger partial charge is 0.480 e. The number of nitrogens with zero attached hydrogens (tertiary/aromatic N) is 4. The first kappa shape index (κ1) is 14.6. The predicted molar refractivity (Wildman–Crippen MR) is 69.9 cm³/mol. The lowest BCUT2D eigenvalue weighted by atomic mass is 10.2. The molecule has 2 aromatic rings. The van der Waals surface area contributed by atoms with Gasteiger partial charge in [-0.2, -0.15) is 0 Å². The van der Waals surface area contributed by atoms with Gasteiger partial charge in [0.05, 0.1) is 12.3 Å². The molecule has 0 spiro atoms. The van der Waals surface area contributed by atoms with Crippen molar-refractivity contribution in [1.29, 1.82) is 0 Å². The monoisotopic (exact) mass is 291 g/mol. The first-order valence-electron chi connectivity index (χ1n) is 5.98. The molecule has 1 amide bonds. The molecule has 0 aliphatic rings. The number of aromatic nitrogens is 4. The van der Waals surface area contributed by atoms with Crippen LogP contribution in [0.15, 0.2) is 30.6 Å². The quantitative estimate of drug-likeness (QED) is 0.735. The molecule has 9 nitrogen and oxygen atoms in total. The fourth-order valence-electron chi connectivity index (χ4n) is 1.63. The van der Waals surface area contributed by atoms with E-state index in [1.54, 1.807) is 24.3 Å². The van der Waals surface area contributed by atoms with Gasteiger partial charge < -0.3 is 15.2 Å². The molecule has 0 radical (unpaired) electrons. The summed E-state index contributed by atoms with van der Waals surface area (Å²) in [6.07, 6.45) is 1.42. The van der Waals surface area contributed by atoms with E-state index in [1.165, 1.54) is 18.1 Å². The van der Waals surface area contributed by atoms with Crippen LogP contribution in [0, 0.1) is 0 Å². The van der Waals surface area contributed by atoms with E-state index < -0.39 is 17.9 Å². The van der Waals surface area contributed by atoms with Gasteiger partial charge in [0.1, 0.15) is 6.33 Å². The van der Waals surface area contributed by atoms with Crippen LogP contribution in [0.5, 0.6) is 0 Å². The number of carbonyl (C=O) groups excluding carboxylic acids is 1. The molecule has 2 rings (SSSR count). The van der Waals surface area contributed by atoms with E-state index in [0.717, 1.165) is 0 Å². The molecule has 1 aromatic heterocycles. The lowest BCUT2D eigenvalue weighted by Crippen LogP contribution is -2.43. The number of ether oxygens (including phenoxy) is 1. The maximum Gasteiger partial charge on any atom is 0.328 e. The van der Waals surface area contributed by atoms with Gasteiger partial charge in [-0.05, 0) is 34.7 Å². The third kappa shape index (κ3) is 3.60. The molecule has 1 unspecified atom stereocenters. The molecule has 0 bridgehead atoms. The van der Waals surface area contributed by atoms with Crippen LogP contribution in [-0.4, -0.2) is 56.9 Å². The van der Waals surface area contributed by atoms with Crippen molar-refractivity contribution in [3.63, 3.8) is 0 Å². The lowest BCUT2D eigenvalue weighted by Gasteiger charge is -2.13. The Morgan fingerprint density at radius 2 is 2.10 bits per heavy atom. The Bertz CT molecular complexity index is 611. The van der Waals surface area contributed by atoms with Gasteiger partial charge in [-0.15, -0.1) is 5.10 Å². The Morgan fingerprint density at radius 1 is 1.38 bits per heavy atom. The zero-order valence-electron chi connectivity index (χ0n) is 11.1. The summed E-state index contributed by atoms with van der Waals surface area (Å²) in [5.41, 5.74) is 1.01. The van der Waals surface area contributed by atoms with Crippen molar-refractivity contribution in [3.05, 3.63) is 36.2 Å². The van der Waals surface area contributed by atoms with Crippen molar-refractivity contribution in [3.8, 4) is 5.69 Å². The number of methoxy groups -OCH3 is 1. The molecule has 1 aromatic carbocycles. The number of amides is 1. The number of rotatable bonds is 6. The van der Waals surface area contributed by atoms with Crippen molar-refractivity contribution in [2.45, 2.75) is 6.04 Å². The van der Waals surface area contributed by atoms with E-state index >= 15 is 0 Å². The molecule has 0 saturated heterocycles. The molecule has 1 heterocycles. The van der Waals surface area contributed by atoms with Crippen molar-refractivity contribution < 1.29 is 19.4 Å². The summed E-state index contributed by atoms with van der Waals surface area (Å²) < 4.78 is 6.19. The summed E-state index contributed by atoms with van der Waals surface area (Å²) >= 11 is 0. The molecular weight excluding hydrogens is 278 g/mol. The van der Waals surface area contributed by atoms with Crippen molar-refractivity contribution in [2.75, 3.05) is 13.7 Å². The molecule has 0 aliphatic carbocycles. The Labute approximate surface area is 119 Å². The van der Waals surface area contributed by atoms with E-state index in [2.05, 4.69) is 20.8 Å². The third-order valence-corrected chi connectivity index (χ3v) is 2.68. The number of carboxylic acids is 1. The van der Waals surface area contributed by atoms with Crippen LogP contribution >= 0.6 is 0 Å². The Morgan fingerprint density at radius 3 is 2.62 bits per heavy atom. The van der Waals surface area contributed by atoms with Crippen molar-refractivity contribution >= 4 is 11.9 Å². The van der Waals surface area contributed by atoms with E-state index in [4.69, 9.17) is 9.84 Å². The van der Waals surface area contributed by atoms with Gasteiger partial charge in [0.25, 0.3) is 5.91 Å². The zero-order valence-corrected chi connectivity index (χ0v) is 11.1. The minimum absolute atomic E-state index is 0.107. The molecular formula is C12H13N5O4. The van der Waals surface area contributed by atoms with Crippen LogP contribution in [-0.2, 0) is 9.53 Å². The molecule has 0 fully saturated rings. The topological polar surface area (TPSA) is 119 Å². The zero-order chi connectivity index (χ0) is 15.2. The van der Waals surface area contributed by atoms with E-state index in [-0.39, 0.29) is 6.61 Å². The highest BCUT2D eigenvalue weighted by Crippen LogP contribution is 2.08. The summed E-state index contributed by atoms with van der Waals surface area (Å²) in [5, 5.41) is 22.1. The second kappa shape index (κ2) is 6.57. The van der Waals surface area contributed by atoms with Gasteiger partial charge in [-0.1, -0.05) is 0 Å². The summed E-state index contributed by atoms with van der Waals surface area (Å²) in [7, 11) is 1.36. The highest BCUT2D eigenvalue weighted by Gasteiger charge is 2.20. The Kier molecular flexibility index (Phi) is 4.57. The van der Waals surface area contributed by atoms with Gasteiger partial charge in [0, 0.05) is 12.7 Å². The SMILES string of the molecule is COCC(NC(=O)c1ccc(-n2cnnn2)cc1)C(=O)O. The number of carbonyl (C=O) groups is 2. The van der Waals surface area contributed by atoms with E-state index in [9.17, 15) is 9.59 Å². The minimum atomic E-state index is -1.16. The second-order valence-electron chi connectivity index (χ2n) is 4.12. The van der Waals surface area contributed by atoms with Crippen molar-refractivity contribution in [2.24, 2.45) is 0 Å². The maximum absolute atomic E-state index is 12.0. The third-order valence-electron chi connectivity index (χ3n) is 2.68. The highest BCUT2D eigenvalue weighted by molar-refractivity contribution is 5.96. The smallest absolute Gasteiger partial charge is 0.328 e. The predicted octanol–water partition coefficient (Wildman–Crippen LogP) is -0.508. The van der Waals surface area contributed by atoms with Gasteiger partial charge in [0.2, 0.25) is 0 Å². The number of aliphatic carboxylic acids is 1. The van der Waals surface area contributed by atoms with Crippen LogP contribution < -0.4 is 5.32 Å². The van der Waals surface area contributed by atoms with Crippen LogP contribution in [0.4, 0.5) is 0 Å². The van der Waals surface area contributed by atoms with Gasteiger partial charge in [-0.3, -0.25) is 4.79 Å². The van der Waals surface area contributed by atoms with Gasteiger partial charge in [0.15, 0.2) is 6.04 Å². The number of nitrogens with one attached hydrogen (secondary N) is 1. The van der Waals surface area contributed by atoms with E-state index in [1.807, 2.05) is 0 Å². The first-order valence-corrected chi connectivity index (χ1v) is 5.98. The van der Waals surface area contributed by atoms with Crippen LogP contribution in [0.1, 0.15) is 10.4 Å². The normalized spacial score (nSPS) is 11.9. The fourth-order valence-corrected chi connectivity index (χ4v) is 1.63. The molecule has 0 aliphatic heterocycles. The maximum atomic E-state index is 12.0. The molecule has 21 heavy (non-hydrogen) atoms. The summed E-state index contributed by atoms with van der Waals surface area (Å²) in [4.78, 5) is 22.9. The van der Waals surface area contributed by atoms with Gasteiger partial charge >= 0.3 is 5.97 Å². The number of hydrogen-bond donors (Lipinski definition) is 2. The number of tetrazole rings is 1.